The summed E-state index contributed by atoms with van der Waals surface area (Å²) in [6.45, 7) is 2.06. The first kappa shape index (κ1) is 11.4. The third-order valence-electron chi connectivity index (χ3n) is 2.44. The van der Waals surface area contributed by atoms with Crippen LogP contribution in [0.25, 0.3) is 0 Å². The molecule has 15 heavy (non-hydrogen) atoms. The van der Waals surface area contributed by atoms with Crippen molar-refractivity contribution in [2.75, 3.05) is 13.1 Å². The first-order valence-electron chi connectivity index (χ1n) is 5.08. The minimum absolute atomic E-state index is 0.302. The maximum Gasteiger partial charge on any atom is 0.134 e. The van der Waals surface area contributed by atoms with Crippen LogP contribution in [0.2, 0.25) is 0 Å². The average molecular weight is 335 g/mol. The molecule has 0 amide bonds. The minimum Gasteiger partial charge on any atom is -0.488 e. The van der Waals surface area contributed by atoms with Gasteiger partial charge in [-0.3, -0.25) is 0 Å². The second-order valence-corrected chi connectivity index (χ2v) is 5.43. The van der Waals surface area contributed by atoms with Crippen molar-refractivity contribution in [1.82, 2.24) is 5.32 Å². The molecule has 0 saturated carbocycles. The van der Waals surface area contributed by atoms with Gasteiger partial charge in [-0.25, -0.2) is 0 Å². The van der Waals surface area contributed by atoms with Crippen molar-refractivity contribution < 1.29 is 4.74 Å². The van der Waals surface area contributed by atoms with Gasteiger partial charge in [0.25, 0.3) is 0 Å². The highest BCUT2D eigenvalue weighted by atomic mass is 79.9. The van der Waals surface area contributed by atoms with Gasteiger partial charge in [-0.15, -0.1) is 0 Å². The lowest BCUT2D eigenvalue weighted by Gasteiger charge is -2.24. The summed E-state index contributed by atoms with van der Waals surface area (Å²) in [5.41, 5.74) is 0. The van der Waals surface area contributed by atoms with Crippen LogP contribution >= 0.6 is 31.9 Å². The Kier molecular flexibility index (Phi) is 4.05. The fourth-order valence-corrected chi connectivity index (χ4v) is 2.81. The third kappa shape index (κ3) is 3.20. The van der Waals surface area contributed by atoms with Gasteiger partial charge in [-0.1, -0.05) is 15.9 Å². The highest BCUT2D eigenvalue weighted by molar-refractivity contribution is 9.11. The van der Waals surface area contributed by atoms with Gasteiger partial charge < -0.3 is 10.1 Å². The van der Waals surface area contributed by atoms with Crippen LogP contribution in [0.5, 0.6) is 5.75 Å². The van der Waals surface area contributed by atoms with Crippen molar-refractivity contribution in [3.63, 3.8) is 0 Å². The van der Waals surface area contributed by atoms with Crippen LogP contribution in [0.15, 0.2) is 27.1 Å². The lowest BCUT2D eigenvalue weighted by atomic mass is 10.1. The zero-order valence-corrected chi connectivity index (χ0v) is 11.5. The molecule has 82 valence electrons. The van der Waals surface area contributed by atoms with E-state index in [1.165, 1.54) is 6.42 Å². The van der Waals surface area contributed by atoms with E-state index in [-0.39, 0.29) is 0 Å². The van der Waals surface area contributed by atoms with Gasteiger partial charge in [0.2, 0.25) is 0 Å². The molecule has 1 aliphatic rings. The summed E-state index contributed by atoms with van der Waals surface area (Å²) < 4.78 is 7.97. The number of nitrogens with one attached hydrogen (secondary N) is 1. The summed E-state index contributed by atoms with van der Waals surface area (Å²) in [6.07, 6.45) is 2.63. The molecular weight excluding hydrogens is 322 g/mol. The van der Waals surface area contributed by atoms with Crippen molar-refractivity contribution in [3.05, 3.63) is 27.1 Å². The van der Waals surface area contributed by atoms with Crippen molar-refractivity contribution in [2.45, 2.75) is 18.9 Å². The number of halogens is 2. The first-order chi connectivity index (χ1) is 7.25. The van der Waals surface area contributed by atoms with E-state index < -0.39 is 0 Å². The fraction of sp³-hybridized carbons (Fsp3) is 0.455. The maximum atomic E-state index is 5.91. The Morgan fingerprint density at radius 2 is 2.20 bits per heavy atom. The number of hydrogen-bond acceptors (Lipinski definition) is 2. The summed E-state index contributed by atoms with van der Waals surface area (Å²) in [5, 5.41) is 3.34. The van der Waals surface area contributed by atoms with Crippen LogP contribution in [0.3, 0.4) is 0 Å². The predicted octanol–water partition coefficient (Wildman–Crippen LogP) is 3.34. The molecule has 0 unspecified atom stereocenters. The van der Waals surface area contributed by atoms with Gasteiger partial charge in [0.05, 0.1) is 4.47 Å². The van der Waals surface area contributed by atoms with E-state index in [4.69, 9.17) is 4.74 Å². The molecule has 0 radical (unpaired) electrons. The lowest BCUT2D eigenvalue weighted by molar-refractivity contribution is 0.166. The van der Waals surface area contributed by atoms with Crippen molar-refractivity contribution in [3.8, 4) is 5.75 Å². The molecule has 1 aromatic carbocycles. The monoisotopic (exact) mass is 333 g/mol. The Balaban J connectivity index is 2.03. The van der Waals surface area contributed by atoms with E-state index in [9.17, 15) is 0 Å². The molecule has 1 fully saturated rings. The highest BCUT2D eigenvalue weighted by Crippen LogP contribution is 2.29. The maximum absolute atomic E-state index is 5.91. The van der Waals surface area contributed by atoms with Crippen LogP contribution in [-0.4, -0.2) is 19.2 Å². The Bertz CT molecular complexity index is 337. The summed E-state index contributed by atoms with van der Waals surface area (Å²) in [6, 6.07) is 5.99. The molecule has 1 atom stereocenters. The van der Waals surface area contributed by atoms with Crippen molar-refractivity contribution in [1.29, 1.82) is 0 Å². The second-order valence-electron chi connectivity index (χ2n) is 3.66. The Morgan fingerprint density at radius 3 is 2.87 bits per heavy atom. The summed E-state index contributed by atoms with van der Waals surface area (Å²) in [4.78, 5) is 0. The van der Waals surface area contributed by atoms with Crippen LogP contribution in [0, 0.1) is 0 Å². The van der Waals surface area contributed by atoms with Gasteiger partial charge in [-0.2, -0.15) is 0 Å². The number of benzene rings is 1. The molecule has 4 heteroatoms. The van der Waals surface area contributed by atoms with Gasteiger partial charge in [0.15, 0.2) is 0 Å². The Morgan fingerprint density at radius 1 is 1.33 bits per heavy atom. The number of piperidine rings is 1. The molecule has 0 aliphatic carbocycles. The standard InChI is InChI=1S/C11H13Br2NO/c12-8-3-4-11(10(13)6-8)15-9-2-1-5-14-7-9/h3-4,6,9,14H,1-2,5,7H2/t9-/m1/s1. The zero-order chi connectivity index (χ0) is 10.7. The van der Waals surface area contributed by atoms with E-state index in [2.05, 4.69) is 37.2 Å². The molecular formula is C11H13Br2NO. The molecule has 1 aliphatic heterocycles. The normalized spacial score (nSPS) is 21.3. The molecule has 0 bridgehead atoms. The molecule has 1 heterocycles. The number of ether oxygens (including phenoxy) is 1. The van der Waals surface area contributed by atoms with Crippen molar-refractivity contribution in [2.24, 2.45) is 0 Å². The first-order valence-corrected chi connectivity index (χ1v) is 6.67. The predicted molar refractivity (Wildman–Crippen MR) is 68.4 cm³/mol. The van der Waals surface area contributed by atoms with E-state index >= 15 is 0 Å². The number of rotatable bonds is 2. The molecule has 1 saturated heterocycles. The average Bonchev–Trinajstić information content (AvgIpc) is 2.24. The van der Waals surface area contributed by atoms with Crippen LogP contribution in [0.1, 0.15) is 12.8 Å². The van der Waals surface area contributed by atoms with Crippen LogP contribution in [-0.2, 0) is 0 Å². The van der Waals surface area contributed by atoms with E-state index in [1.54, 1.807) is 0 Å². The van der Waals surface area contributed by atoms with E-state index in [0.29, 0.717) is 6.10 Å². The Labute approximate surface area is 107 Å². The molecule has 2 nitrogen and oxygen atoms in total. The number of hydrogen-bond donors (Lipinski definition) is 1. The smallest absolute Gasteiger partial charge is 0.134 e. The topological polar surface area (TPSA) is 21.3 Å². The summed E-state index contributed by atoms with van der Waals surface area (Å²) in [5.74, 6) is 0.923. The molecule has 1 aromatic rings. The molecule has 0 spiro atoms. The Hall–Kier alpha value is -0.0600. The quantitative estimate of drug-likeness (QED) is 0.895. The van der Waals surface area contributed by atoms with E-state index in [0.717, 1.165) is 34.2 Å². The van der Waals surface area contributed by atoms with Gasteiger partial charge >= 0.3 is 0 Å². The fourth-order valence-electron chi connectivity index (χ4n) is 1.67. The third-order valence-corrected chi connectivity index (χ3v) is 3.55. The summed E-state index contributed by atoms with van der Waals surface area (Å²) >= 11 is 6.92. The minimum atomic E-state index is 0.302. The van der Waals surface area contributed by atoms with Crippen LogP contribution < -0.4 is 10.1 Å². The molecule has 2 rings (SSSR count). The SMILES string of the molecule is Brc1ccc(O[C@@H]2CCCNC2)c(Br)c1. The van der Waals surface area contributed by atoms with Crippen LogP contribution in [0.4, 0.5) is 0 Å². The molecule has 1 N–H and O–H groups in total. The second kappa shape index (κ2) is 5.32. The van der Waals surface area contributed by atoms with Crippen molar-refractivity contribution >= 4 is 31.9 Å². The van der Waals surface area contributed by atoms with Gasteiger partial charge in [0.1, 0.15) is 11.9 Å². The highest BCUT2D eigenvalue weighted by Gasteiger charge is 2.15. The zero-order valence-electron chi connectivity index (χ0n) is 8.30. The van der Waals surface area contributed by atoms with Gasteiger partial charge in [-0.05, 0) is 53.5 Å². The van der Waals surface area contributed by atoms with Gasteiger partial charge in [0, 0.05) is 11.0 Å². The summed E-state index contributed by atoms with van der Waals surface area (Å²) in [7, 11) is 0. The van der Waals surface area contributed by atoms with E-state index in [1.807, 2.05) is 18.2 Å². The molecule has 0 aromatic heterocycles. The largest absolute Gasteiger partial charge is 0.488 e. The lowest BCUT2D eigenvalue weighted by Crippen LogP contribution is -2.37.